The Balaban J connectivity index is 2.34. The Morgan fingerprint density at radius 3 is 2.79 bits per heavy atom. The van der Waals surface area contributed by atoms with Gasteiger partial charge in [0.2, 0.25) is 0 Å². The summed E-state index contributed by atoms with van der Waals surface area (Å²) in [6, 6.07) is 7.46. The summed E-state index contributed by atoms with van der Waals surface area (Å²) in [5.41, 5.74) is 4.53. The van der Waals surface area contributed by atoms with E-state index in [2.05, 4.69) is 4.98 Å². The molecule has 1 heterocycles. The zero-order chi connectivity index (χ0) is 14.0. The lowest BCUT2D eigenvalue weighted by Crippen LogP contribution is -2.34. The molecule has 0 aliphatic heterocycles. The van der Waals surface area contributed by atoms with Crippen LogP contribution in [0, 0.1) is 13.8 Å². The van der Waals surface area contributed by atoms with Crippen LogP contribution in [0.3, 0.4) is 0 Å². The first-order chi connectivity index (χ1) is 9.01. The third-order valence-electron chi connectivity index (χ3n) is 2.91. The van der Waals surface area contributed by atoms with Gasteiger partial charge in [-0.1, -0.05) is 0 Å². The lowest BCUT2D eigenvalue weighted by Gasteiger charge is -2.13. The van der Waals surface area contributed by atoms with E-state index in [-0.39, 0.29) is 0 Å². The maximum absolute atomic E-state index is 11.2. The molecule has 0 aliphatic carbocycles. The molecule has 19 heavy (non-hydrogen) atoms. The number of pyridine rings is 1. The Morgan fingerprint density at radius 1 is 1.37 bits per heavy atom. The number of hydroxylamine groups is 1. The highest BCUT2D eigenvalue weighted by molar-refractivity contribution is 5.84. The van der Waals surface area contributed by atoms with E-state index < -0.39 is 12.0 Å². The average Bonchev–Trinajstić information content (AvgIpc) is 2.38. The SMILES string of the molecule is Cc1cc(C)c2cc(OC(C)C(=O)NO)ccc2n1. The largest absolute Gasteiger partial charge is 0.481 e. The van der Waals surface area contributed by atoms with Crippen molar-refractivity contribution in [3.8, 4) is 5.75 Å². The Kier molecular flexibility index (Phi) is 3.66. The second-order valence-corrected chi connectivity index (χ2v) is 4.50. The summed E-state index contributed by atoms with van der Waals surface area (Å²) in [5.74, 6) is -0.0174. The summed E-state index contributed by atoms with van der Waals surface area (Å²) in [6.45, 7) is 5.52. The summed E-state index contributed by atoms with van der Waals surface area (Å²) in [6.07, 6.45) is -0.763. The van der Waals surface area contributed by atoms with Crippen molar-refractivity contribution in [3.05, 3.63) is 35.5 Å². The van der Waals surface area contributed by atoms with E-state index in [4.69, 9.17) is 9.94 Å². The van der Waals surface area contributed by atoms with Crippen molar-refractivity contribution in [2.45, 2.75) is 26.9 Å². The number of rotatable bonds is 3. The lowest BCUT2D eigenvalue weighted by molar-refractivity contribution is -0.135. The summed E-state index contributed by atoms with van der Waals surface area (Å²) >= 11 is 0. The van der Waals surface area contributed by atoms with Crippen LogP contribution in [0.2, 0.25) is 0 Å². The molecule has 0 bridgehead atoms. The van der Waals surface area contributed by atoms with Crippen LogP contribution in [0.15, 0.2) is 24.3 Å². The Morgan fingerprint density at radius 2 is 2.11 bits per heavy atom. The van der Waals surface area contributed by atoms with E-state index in [0.29, 0.717) is 5.75 Å². The van der Waals surface area contributed by atoms with Gasteiger partial charge in [-0.3, -0.25) is 15.0 Å². The number of ether oxygens (including phenoxy) is 1. The quantitative estimate of drug-likeness (QED) is 0.655. The van der Waals surface area contributed by atoms with Crippen LogP contribution in [0.1, 0.15) is 18.2 Å². The highest BCUT2D eigenvalue weighted by Gasteiger charge is 2.14. The van der Waals surface area contributed by atoms with E-state index in [1.165, 1.54) is 0 Å². The second-order valence-electron chi connectivity index (χ2n) is 4.50. The molecule has 1 amide bonds. The predicted octanol–water partition coefficient (Wildman–Crippen LogP) is 2.12. The number of nitrogens with one attached hydrogen (secondary N) is 1. The number of carbonyl (C=O) groups excluding carboxylic acids is 1. The molecular formula is C14H16N2O3. The molecule has 5 heteroatoms. The minimum absolute atomic E-state index is 0.567. The molecule has 0 radical (unpaired) electrons. The van der Waals surface area contributed by atoms with Gasteiger partial charge in [0.1, 0.15) is 5.75 Å². The van der Waals surface area contributed by atoms with Crippen LogP contribution < -0.4 is 10.2 Å². The fourth-order valence-corrected chi connectivity index (χ4v) is 1.96. The molecule has 2 aromatic rings. The molecule has 0 saturated carbocycles. The lowest BCUT2D eigenvalue weighted by atomic mass is 10.1. The molecule has 2 rings (SSSR count). The van der Waals surface area contributed by atoms with Crippen molar-refractivity contribution in [2.75, 3.05) is 0 Å². The first kappa shape index (κ1) is 13.3. The maximum atomic E-state index is 11.2. The normalized spacial score (nSPS) is 12.2. The number of hydrogen-bond donors (Lipinski definition) is 2. The molecule has 2 N–H and O–H groups in total. The highest BCUT2D eigenvalue weighted by atomic mass is 16.5. The summed E-state index contributed by atoms with van der Waals surface area (Å²) in [4.78, 5) is 15.6. The number of hydrogen-bond acceptors (Lipinski definition) is 4. The van der Waals surface area contributed by atoms with Crippen molar-refractivity contribution < 1.29 is 14.7 Å². The number of carbonyl (C=O) groups is 1. The number of aryl methyl sites for hydroxylation is 2. The van der Waals surface area contributed by atoms with E-state index in [1.807, 2.05) is 32.0 Å². The van der Waals surface area contributed by atoms with Crippen LogP contribution in [0.5, 0.6) is 5.75 Å². The Bertz CT molecular complexity index is 625. The summed E-state index contributed by atoms with van der Waals surface area (Å²) in [7, 11) is 0. The molecule has 100 valence electrons. The molecule has 0 aliphatic rings. The molecule has 0 spiro atoms. The van der Waals surface area contributed by atoms with E-state index in [9.17, 15) is 4.79 Å². The topological polar surface area (TPSA) is 71.5 Å². The second kappa shape index (κ2) is 5.24. The van der Waals surface area contributed by atoms with Crippen molar-refractivity contribution in [2.24, 2.45) is 0 Å². The number of benzene rings is 1. The van der Waals surface area contributed by atoms with Gasteiger partial charge in [0.25, 0.3) is 5.91 Å². The third kappa shape index (κ3) is 2.82. The summed E-state index contributed by atoms with van der Waals surface area (Å²) in [5, 5.41) is 9.53. The average molecular weight is 260 g/mol. The van der Waals surface area contributed by atoms with Crippen LogP contribution in [0.4, 0.5) is 0 Å². The van der Waals surface area contributed by atoms with Crippen LogP contribution in [-0.2, 0) is 4.79 Å². The monoisotopic (exact) mass is 260 g/mol. The fraction of sp³-hybridized carbons (Fsp3) is 0.286. The summed E-state index contributed by atoms with van der Waals surface area (Å²) < 4.78 is 5.46. The number of amides is 1. The van der Waals surface area contributed by atoms with Crippen LogP contribution >= 0.6 is 0 Å². The number of fused-ring (bicyclic) bond motifs is 1. The minimum atomic E-state index is -0.763. The predicted molar refractivity (Wildman–Crippen MR) is 71.2 cm³/mol. The van der Waals surface area contributed by atoms with Crippen molar-refractivity contribution in [3.63, 3.8) is 0 Å². The van der Waals surface area contributed by atoms with Crippen LogP contribution in [-0.4, -0.2) is 22.2 Å². The van der Waals surface area contributed by atoms with Gasteiger partial charge in [0, 0.05) is 11.1 Å². The molecule has 1 unspecified atom stereocenters. The molecule has 1 atom stereocenters. The first-order valence-electron chi connectivity index (χ1n) is 6.00. The molecule has 5 nitrogen and oxygen atoms in total. The van der Waals surface area contributed by atoms with Gasteiger partial charge in [-0.2, -0.15) is 0 Å². The van der Waals surface area contributed by atoms with Crippen molar-refractivity contribution >= 4 is 16.8 Å². The smallest absolute Gasteiger partial charge is 0.284 e. The van der Waals surface area contributed by atoms with Gasteiger partial charge >= 0.3 is 0 Å². The fourth-order valence-electron chi connectivity index (χ4n) is 1.96. The number of nitrogens with zero attached hydrogens (tertiary/aromatic N) is 1. The maximum Gasteiger partial charge on any atom is 0.284 e. The number of aromatic nitrogens is 1. The Labute approximate surface area is 111 Å². The van der Waals surface area contributed by atoms with Gasteiger partial charge in [-0.05, 0) is 50.6 Å². The van der Waals surface area contributed by atoms with Crippen molar-refractivity contribution in [1.29, 1.82) is 0 Å². The van der Waals surface area contributed by atoms with Gasteiger partial charge < -0.3 is 4.74 Å². The van der Waals surface area contributed by atoms with Gasteiger partial charge in [-0.15, -0.1) is 0 Å². The van der Waals surface area contributed by atoms with E-state index >= 15 is 0 Å². The molecule has 0 fully saturated rings. The van der Waals surface area contributed by atoms with Gasteiger partial charge in [0.05, 0.1) is 5.52 Å². The molecule has 1 aromatic heterocycles. The van der Waals surface area contributed by atoms with Gasteiger partial charge in [-0.25, -0.2) is 5.48 Å². The standard InChI is InChI=1S/C14H16N2O3/c1-8-6-9(2)15-13-5-4-11(7-12(8)13)19-10(3)14(17)16-18/h4-7,10,18H,1-3H3,(H,16,17). The van der Waals surface area contributed by atoms with E-state index in [0.717, 1.165) is 22.2 Å². The third-order valence-corrected chi connectivity index (χ3v) is 2.91. The molecule has 1 aromatic carbocycles. The Hall–Kier alpha value is -2.14. The zero-order valence-corrected chi connectivity index (χ0v) is 11.1. The van der Waals surface area contributed by atoms with Crippen LogP contribution in [0.25, 0.3) is 10.9 Å². The first-order valence-corrected chi connectivity index (χ1v) is 6.00. The highest BCUT2D eigenvalue weighted by Crippen LogP contribution is 2.23. The van der Waals surface area contributed by atoms with Crippen molar-refractivity contribution in [1.82, 2.24) is 10.5 Å². The molecule has 0 saturated heterocycles. The van der Waals surface area contributed by atoms with Gasteiger partial charge in [0.15, 0.2) is 6.10 Å². The minimum Gasteiger partial charge on any atom is -0.481 e. The molecular weight excluding hydrogens is 244 g/mol. The van der Waals surface area contributed by atoms with E-state index in [1.54, 1.807) is 18.5 Å². The zero-order valence-electron chi connectivity index (χ0n) is 11.1.